The lowest BCUT2D eigenvalue weighted by molar-refractivity contribution is -0.534. The molecule has 0 saturated heterocycles. The lowest BCUT2D eigenvalue weighted by Crippen LogP contribution is -2.52. The van der Waals surface area contributed by atoms with E-state index in [1.807, 2.05) is 30.3 Å². The van der Waals surface area contributed by atoms with Gasteiger partial charge in [-0.1, -0.05) is 37.3 Å². The van der Waals surface area contributed by atoms with Crippen LogP contribution in [-0.4, -0.2) is 39.8 Å². The predicted octanol–water partition coefficient (Wildman–Crippen LogP) is -1.89. The molecule has 5 N–H and O–H groups in total. The summed E-state index contributed by atoms with van der Waals surface area (Å²) < 4.78 is 0. The maximum atomic E-state index is 10.0. The first kappa shape index (κ1) is 19.0. The molecular weight excluding hydrogens is 280 g/mol. The molecule has 1 aromatic carbocycles. The van der Waals surface area contributed by atoms with Gasteiger partial charge in [0.25, 0.3) is 0 Å². The Hall–Kier alpha value is -2.03. The highest BCUT2D eigenvalue weighted by molar-refractivity contribution is 5.70. The average Bonchev–Trinajstić information content (AvgIpc) is 2.48. The van der Waals surface area contributed by atoms with Crippen molar-refractivity contribution in [2.24, 2.45) is 0 Å². The van der Waals surface area contributed by atoms with Crippen molar-refractivity contribution in [3.8, 4) is 0 Å². The van der Waals surface area contributed by atoms with Crippen LogP contribution in [0.5, 0.6) is 0 Å². The number of carbonyl (C=O) groups excluding carboxylic acids is 1. The van der Waals surface area contributed by atoms with E-state index in [1.54, 1.807) is 0 Å². The van der Waals surface area contributed by atoms with E-state index >= 15 is 0 Å². The van der Waals surface area contributed by atoms with Crippen molar-refractivity contribution < 1.29 is 30.8 Å². The molecule has 0 unspecified atom stereocenters. The summed E-state index contributed by atoms with van der Waals surface area (Å²) in [4.78, 5) is 19.1. The zero-order chi connectivity index (χ0) is 16.4. The van der Waals surface area contributed by atoms with Crippen molar-refractivity contribution in [1.82, 2.24) is 0 Å². The molecule has 3 atom stereocenters. The van der Waals surface area contributed by atoms with E-state index in [4.69, 9.17) is 5.11 Å². The van der Waals surface area contributed by atoms with Gasteiger partial charge in [-0.25, -0.2) is 0 Å². The quantitative estimate of drug-likeness (QED) is 0.413. The third kappa shape index (κ3) is 6.80. The van der Waals surface area contributed by atoms with Gasteiger partial charge in [0, 0.05) is 11.3 Å². The molecule has 8 heteroatoms. The normalized spacial score (nSPS) is 14.3. The number of aliphatic hydroxyl groups is 2. The highest BCUT2D eigenvalue weighted by atomic mass is 16.6. The Morgan fingerprint density at radius 2 is 1.86 bits per heavy atom. The molecule has 0 fully saturated rings. The number of carboxylic acid groups (broad SMARTS) is 1. The van der Waals surface area contributed by atoms with Crippen molar-refractivity contribution in [3.05, 3.63) is 46.0 Å². The Labute approximate surface area is 122 Å². The van der Waals surface area contributed by atoms with Gasteiger partial charge in [-0.3, -0.25) is 10.1 Å². The van der Waals surface area contributed by atoms with Gasteiger partial charge in [-0.15, -0.1) is 0 Å². The van der Waals surface area contributed by atoms with Crippen LogP contribution in [0.25, 0.3) is 0 Å². The van der Waals surface area contributed by atoms with Crippen molar-refractivity contribution >= 4 is 5.97 Å². The van der Waals surface area contributed by atoms with E-state index in [0.717, 1.165) is 5.56 Å². The van der Waals surface area contributed by atoms with Crippen LogP contribution < -0.4 is 10.8 Å². The van der Waals surface area contributed by atoms with Crippen LogP contribution in [0.4, 0.5) is 0 Å². The summed E-state index contributed by atoms with van der Waals surface area (Å²) >= 11 is 0. The van der Waals surface area contributed by atoms with Gasteiger partial charge in [0.1, 0.15) is 12.6 Å². The third-order valence-corrected chi connectivity index (χ3v) is 2.75. The van der Waals surface area contributed by atoms with Gasteiger partial charge < -0.3 is 25.8 Å². The number of hydrogen-bond acceptors (Lipinski definition) is 6. The highest BCUT2D eigenvalue weighted by Crippen LogP contribution is 2.08. The van der Waals surface area contributed by atoms with Crippen LogP contribution in [0.1, 0.15) is 25.0 Å². The first-order chi connectivity index (χ1) is 9.84. The maximum Gasteiger partial charge on any atom is 0.243 e. The lowest BCUT2D eigenvalue weighted by Gasteiger charge is -2.14. The topological polar surface area (TPSA) is 151 Å². The van der Waals surface area contributed by atoms with Crippen LogP contribution in [0, 0.1) is 10.1 Å². The summed E-state index contributed by atoms with van der Waals surface area (Å²) in [6, 6.07) is 8.08. The smallest absolute Gasteiger partial charge is 0.243 e. The second kappa shape index (κ2) is 9.81. The average molecular weight is 300 g/mol. The van der Waals surface area contributed by atoms with E-state index < -0.39 is 29.1 Å². The number of carbonyl (C=O) groups is 1. The van der Waals surface area contributed by atoms with Crippen LogP contribution in [0.2, 0.25) is 0 Å². The van der Waals surface area contributed by atoms with Gasteiger partial charge in [0.2, 0.25) is 6.04 Å². The minimum Gasteiger partial charge on any atom is -0.547 e. The lowest BCUT2D eigenvalue weighted by atomic mass is 10.1. The number of benzene rings is 1. The third-order valence-electron chi connectivity index (χ3n) is 2.75. The molecule has 0 aromatic heterocycles. The molecule has 1 rings (SSSR count). The Morgan fingerprint density at radius 1 is 1.33 bits per heavy atom. The number of hydrogen-bond donors (Lipinski definition) is 3. The number of rotatable bonds is 6. The summed E-state index contributed by atoms with van der Waals surface area (Å²) in [6.07, 6.45) is -2.46. The van der Waals surface area contributed by atoms with Gasteiger partial charge in [-0.05, 0) is 5.56 Å². The molecule has 0 aliphatic carbocycles. The first-order valence-electron chi connectivity index (χ1n) is 6.39. The first-order valence-corrected chi connectivity index (χ1v) is 6.39. The van der Waals surface area contributed by atoms with Crippen molar-refractivity contribution in [1.29, 1.82) is 0 Å². The van der Waals surface area contributed by atoms with Gasteiger partial charge in [0.05, 0.1) is 5.97 Å². The fraction of sp³-hybridized carbons (Fsp3) is 0.462. The Balaban J connectivity index is 0.000000382. The summed E-state index contributed by atoms with van der Waals surface area (Å²) in [5.41, 5.74) is 4.55. The Morgan fingerprint density at radius 3 is 2.14 bits per heavy atom. The molecule has 0 heterocycles. The molecule has 0 saturated carbocycles. The molecule has 0 amide bonds. The highest BCUT2D eigenvalue weighted by Gasteiger charge is 2.28. The van der Waals surface area contributed by atoms with E-state index in [0.29, 0.717) is 6.54 Å². The molecule has 0 aliphatic heterocycles. The molecule has 0 bridgehead atoms. The summed E-state index contributed by atoms with van der Waals surface area (Å²) in [5.74, 6) is -1.81. The van der Waals surface area contributed by atoms with Gasteiger partial charge >= 0.3 is 0 Å². The molecule has 1 aromatic rings. The molecule has 8 nitrogen and oxygen atoms in total. The van der Waals surface area contributed by atoms with E-state index in [1.165, 1.54) is 6.92 Å². The number of nitrogens with zero attached hydrogens (tertiary/aromatic N) is 1. The monoisotopic (exact) mass is 300 g/mol. The number of aliphatic hydroxyl groups excluding tert-OH is 2. The van der Waals surface area contributed by atoms with Crippen LogP contribution in [-0.2, 0) is 4.79 Å². The standard InChI is InChI=1S/C8H11NO.C5H9NO5/c9-6-8(10)7-4-2-1-3-5-7;1-2-3(6(10)11)4(7)5(8)9/h1-5,8,10H,6,9H2;3-4,7H,2H2,1H3,(H,8,9)/t8-;3-,4-/m10/s1. The Kier molecular flexibility index (Phi) is 8.86. The fourth-order valence-corrected chi connectivity index (χ4v) is 1.49. The molecule has 118 valence electrons. The number of nitro groups is 1. The minimum atomic E-state index is -2.02. The second-order valence-corrected chi connectivity index (χ2v) is 4.24. The number of quaternary nitrogens is 1. The SMILES string of the molecule is CC[C@@H]([C@H](O)C(=O)[O-])[N+](=O)[O-].[NH3+]C[C@@H](O)c1ccccc1. The molecular formula is C13H20N2O6. The van der Waals surface area contributed by atoms with Gasteiger partial charge in [0.15, 0.2) is 6.10 Å². The number of aliphatic carboxylic acids is 1. The van der Waals surface area contributed by atoms with Crippen LogP contribution in [0.3, 0.4) is 0 Å². The van der Waals surface area contributed by atoms with E-state index in [-0.39, 0.29) is 6.42 Å². The molecule has 0 spiro atoms. The van der Waals surface area contributed by atoms with Crippen molar-refractivity contribution in [2.45, 2.75) is 31.6 Å². The van der Waals surface area contributed by atoms with Crippen molar-refractivity contribution in [2.75, 3.05) is 6.54 Å². The van der Waals surface area contributed by atoms with Gasteiger partial charge in [-0.2, -0.15) is 0 Å². The van der Waals surface area contributed by atoms with E-state index in [9.17, 15) is 25.1 Å². The summed E-state index contributed by atoms with van der Waals surface area (Å²) in [5, 5.41) is 37.9. The number of carboxylic acids is 1. The summed E-state index contributed by atoms with van der Waals surface area (Å²) in [6.45, 7) is 1.95. The zero-order valence-corrected chi connectivity index (χ0v) is 11.7. The minimum absolute atomic E-state index is 0.0395. The molecule has 0 aliphatic rings. The summed E-state index contributed by atoms with van der Waals surface area (Å²) in [7, 11) is 0. The largest absolute Gasteiger partial charge is 0.547 e. The second-order valence-electron chi connectivity index (χ2n) is 4.24. The fourth-order valence-electron chi connectivity index (χ4n) is 1.49. The molecule has 21 heavy (non-hydrogen) atoms. The van der Waals surface area contributed by atoms with E-state index in [2.05, 4.69) is 5.73 Å². The maximum absolute atomic E-state index is 10.0. The zero-order valence-electron chi connectivity index (χ0n) is 11.7. The van der Waals surface area contributed by atoms with Crippen molar-refractivity contribution in [3.63, 3.8) is 0 Å². The predicted molar refractivity (Wildman–Crippen MR) is 71.2 cm³/mol. The van der Waals surface area contributed by atoms with Crippen LogP contribution >= 0.6 is 0 Å². The Bertz CT molecular complexity index is 440. The van der Waals surface area contributed by atoms with Crippen LogP contribution in [0.15, 0.2) is 30.3 Å². The molecule has 0 radical (unpaired) electrons.